The van der Waals surface area contributed by atoms with E-state index in [2.05, 4.69) is 13.0 Å². The van der Waals surface area contributed by atoms with Gasteiger partial charge in [-0.25, -0.2) is 0 Å². The van der Waals surface area contributed by atoms with Crippen molar-refractivity contribution in [3.63, 3.8) is 0 Å². The lowest BCUT2D eigenvalue weighted by Crippen LogP contribution is -1.97. The minimum absolute atomic E-state index is 0.681. The van der Waals surface area contributed by atoms with E-state index < -0.39 is 0 Å². The van der Waals surface area contributed by atoms with E-state index in [0.717, 1.165) is 18.8 Å². The monoisotopic (exact) mass is 303 g/mol. The van der Waals surface area contributed by atoms with Gasteiger partial charge in [-0.2, -0.15) is 5.26 Å². The van der Waals surface area contributed by atoms with Crippen molar-refractivity contribution in [3.05, 3.63) is 29.8 Å². The minimum atomic E-state index is 0.681. The van der Waals surface area contributed by atoms with Gasteiger partial charge in [0.1, 0.15) is 5.75 Å². The highest BCUT2D eigenvalue weighted by Gasteiger charge is 1.95. The van der Waals surface area contributed by atoms with Crippen molar-refractivity contribution >= 4 is 0 Å². The van der Waals surface area contributed by atoms with Crippen LogP contribution >= 0.6 is 0 Å². The molecule has 0 atom stereocenters. The maximum atomic E-state index is 8.70. The molecule has 0 bridgehead atoms. The summed E-state index contributed by atoms with van der Waals surface area (Å²) in [5.74, 6) is 0.864. The molecule has 1 aromatic carbocycles. The topological polar surface area (TPSA) is 33.0 Å². The summed E-state index contributed by atoms with van der Waals surface area (Å²) >= 11 is 0. The average molecular weight is 303 g/mol. The Morgan fingerprint density at radius 2 is 1.32 bits per heavy atom. The molecule has 0 aromatic heterocycles. The van der Waals surface area contributed by atoms with Gasteiger partial charge >= 0.3 is 0 Å². The standard InChI is InChI=1S/C18H27NO.C2H6/c1-2-3-4-5-6-7-8-9-10-15-20-18-13-11-17(16-19)12-14-18;1-2/h11-14H,2-10,15H2,1H3;1-2H3. The highest BCUT2D eigenvalue weighted by Crippen LogP contribution is 2.13. The number of hydrogen-bond donors (Lipinski definition) is 0. The summed E-state index contributed by atoms with van der Waals surface area (Å²) in [6, 6.07) is 9.44. The second-order valence-electron chi connectivity index (χ2n) is 5.31. The summed E-state index contributed by atoms with van der Waals surface area (Å²) in [5.41, 5.74) is 0.681. The average Bonchev–Trinajstić information content (AvgIpc) is 2.59. The lowest BCUT2D eigenvalue weighted by atomic mass is 10.1. The van der Waals surface area contributed by atoms with E-state index in [1.807, 2.05) is 26.0 Å². The number of rotatable bonds is 11. The van der Waals surface area contributed by atoms with Crippen molar-refractivity contribution in [3.8, 4) is 11.8 Å². The second-order valence-corrected chi connectivity index (χ2v) is 5.31. The number of nitriles is 1. The van der Waals surface area contributed by atoms with Crippen molar-refractivity contribution in [2.75, 3.05) is 6.61 Å². The van der Waals surface area contributed by atoms with Crippen LogP contribution in [0, 0.1) is 11.3 Å². The van der Waals surface area contributed by atoms with Crippen LogP contribution in [0.1, 0.15) is 84.1 Å². The molecule has 1 aromatic rings. The van der Waals surface area contributed by atoms with Gasteiger partial charge in [-0.05, 0) is 30.7 Å². The van der Waals surface area contributed by atoms with Crippen LogP contribution in [-0.4, -0.2) is 6.61 Å². The van der Waals surface area contributed by atoms with Crippen LogP contribution in [-0.2, 0) is 0 Å². The SMILES string of the molecule is CC.CCCCCCCCCCCOc1ccc(C#N)cc1. The van der Waals surface area contributed by atoms with E-state index in [9.17, 15) is 0 Å². The molecule has 0 saturated carbocycles. The molecule has 0 aliphatic carbocycles. The van der Waals surface area contributed by atoms with Crippen LogP contribution < -0.4 is 4.74 Å². The van der Waals surface area contributed by atoms with Gasteiger partial charge in [-0.15, -0.1) is 0 Å². The van der Waals surface area contributed by atoms with Crippen LogP contribution in [0.5, 0.6) is 5.75 Å². The Morgan fingerprint density at radius 1 is 0.818 bits per heavy atom. The lowest BCUT2D eigenvalue weighted by molar-refractivity contribution is 0.304. The third-order valence-electron chi connectivity index (χ3n) is 3.50. The number of nitrogens with zero attached hydrogens (tertiary/aromatic N) is 1. The Hall–Kier alpha value is -1.49. The van der Waals surface area contributed by atoms with E-state index >= 15 is 0 Å². The zero-order valence-corrected chi connectivity index (χ0v) is 14.7. The second kappa shape index (κ2) is 15.9. The van der Waals surface area contributed by atoms with Gasteiger partial charge in [0, 0.05) is 0 Å². The van der Waals surface area contributed by atoms with Gasteiger partial charge < -0.3 is 4.74 Å². The third kappa shape index (κ3) is 11.2. The summed E-state index contributed by atoms with van der Waals surface area (Å²) in [7, 11) is 0. The fourth-order valence-corrected chi connectivity index (χ4v) is 2.23. The highest BCUT2D eigenvalue weighted by molar-refractivity contribution is 5.34. The van der Waals surface area contributed by atoms with Crippen molar-refractivity contribution in [1.82, 2.24) is 0 Å². The molecular weight excluding hydrogens is 270 g/mol. The van der Waals surface area contributed by atoms with Crippen LogP contribution in [0.3, 0.4) is 0 Å². The van der Waals surface area contributed by atoms with Gasteiger partial charge in [-0.1, -0.05) is 72.1 Å². The number of unbranched alkanes of at least 4 members (excludes halogenated alkanes) is 8. The molecule has 0 N–H and O–H groups in total. The van der Waals surface area contributed by atoms with Gasteiger partial charge in [0.25, 0.3) is 0 Å². The number of hydrogen-bond acceptors (Lipinski definition) is 2. The largest absolute Gasteiger partial charge is 0.494 e. The Balaban J connectivity index is 0.00000211. The van der Waals surface area contributed by atoms with E-state index in [1.54, 1.807) is 12.1 Å². The molecule has 0 aliphatic heterocycles. The molecule has 0 fully saturated rings. The maximum Gasteiger partial charge on any atom is 0.119 e. The zero-order chi connectivity index (χ0) is 16.5. The third-order valence-corrected chi connectivity index (χ3v) is 3.50. The molecule has 0 radical (unpaired) electrons. The normalized spacial score (nSPS) is 9.55. The Morgan fingerprint density at radius 3 is 1.82 bits per heavy atom. The predicted molar refractivity (Wildman–Crippen MR) is 95.2 cm³/mol. The molecular formula is C20H33NO. The predicted octanol–water partition coefficient (Wildman–Crippen LogP) is 6.49. The summed E-state index contributed by atoms with van der Waals surface area (Å²) < 4.78 is 5.66. The fraction of sp³-hybridized carbons (Fsp3) is 0.650. The van der Waals surface area contributed by atoms with Crippen LogP contribution in [0.2, 0.25) is 0 Å². The van der Waals surface area contributed by atoms with Crippen LogP contribution in [0.4, 0.5) is 0 Å². The fourth-order valence-electron chi connectivity index (χ4n) is 2.23. The minimum Gasteiger partial charge on any atom is -0.494 e. The summed E-state index contributed by atoms with van der Waals surface area (Å²) in [6.07, 6.45) is 12.0. The molecule has 0 unspecified atom stereocenters. The van der Waals surface area contributed by atoms with Gasteiger partial charge in [0.2, 0.25) is 0 Å². The van der Waals surface area contributed by atoms with Gasteiger partial charge in [0.15, 0.2) is 0 Å². The van der Waals surface area contributed by atoms with Crippen LogP contribution in [0.25, 0.3) is 0 Å². The summed E-state index contributed by atoms with van der Waals surface area (Å²) in [4.78, 5) is 0. The van der Waals surface area contributed by atoms with E-state index in [1.165, 1.54) is 51.4 Å². The molecule has 1 rings (SSSR count). The molecule has 0 spiro atoms. The highest BCUT2D eigenvalue weighted by atomic mass is 16.5. The first kappa shape index (κ1) is 20.5. The molecule has 0 aliphatic rings. The van der Waals surface area contributed by atoms with E-state index in [4.69, 9.17) is 10.00 Å². The van der Waals surface area contributed by atoms with Crippen molar-refractivity contribution in [2.45, 2.75) is 78.6 Å². The zero-order valence-electron chi connectivity index (χ0n) is 14.7. The molecule has 0 heterocycles. The number of benzene rings is 1. The molecule has 22 heavy (non-hydrogen) atoms. The molecule has 124 valence electrons. The smallest absolute Gasteiger partial charge is 0.119 e. The maximum absolute atomic E-state index is 8.70. The first-order valence-electron chi connectivity index (χ1n) is 8.99. The van der Waals surface area contributed by atoms with E-state index in [0.29, 0.717) is 5.56 Å². The summed E-state index contributed by atoms with van der Waals surface area (Å²) in [6.45, 7) is 7.04. The Bertz CT molecular complexity index is 378. The van der Waals surface area contributed by atoms with Crippen LogP contribution in [0.15, 0.2) is 24.3 Å². The van der Waals surface area contributed by atoms with Crippen molar-refractivity contribution < 1.29 is 4.74 Å². The van der Waals surface area contributed by atoms with Crippen molar-refractivity contribution in [2.24, 2.45) is 0 Å². The molecule has 2 nitrogen and oxygen atoms in total. The van der Waals surface area contributed by atoms with Crippen molar-refractivity contribution in [1.29, 1.82) is 5.26 Å². The summed E-state index contributed by atoms with van der Waals surface area (Å²) in [5, 5.41) is 8.70. The number of ether oxygens (including phenoxy) is 1. The molecule has 0 saturated heterocycles. The Labute approximate surface area is 137 Å². The molecule has 2 heteroatoms. The Kier molecular flexibility index (Phi) is 14.8. The quantitative estimate of drug-likeness (QED) is 0.437. The first-order chi connectivity index (χ1) is 10.9. The van der Waals surface area contributed by atoms with Gasteiger partial charge in [-0.3, -0.25) is 0 Å². The molecule has 0 amide bonds. The van der Waals surface area contributed by atoms with E-state index in [-0.39, 0.29) is 0 Å². The lowest BCUT2D eigenvalue weighted by Gasteiger charge is -2.06. The first-order valence-corrected chi connectivity index (χ1v) is 8.99. The van der Waals surface area contributed by atoms with Gasteiger partial charge in [0.05, 0.1) is 18.2 Å².